The average Bonchev–Trinajstić information content (AvgIpc) is 2.97. The summed E-state index contributed by atoms with van der Waals surface area (Å²) >= 11 is 0. The molecule has 0 bridgehead atoms. The van der Waals surface area contributed by atoms with Gasteiger partial charge in [0.1, 0.15) is 5.76 Å². The molecule has 1 aromatic rings. The van der Waals surface area contributed by atoms with Crippen LogP contribution in [0.15, 0.2) is 35.0 Å². The van der Waals surface area contributed by atoms with Gasteiger partial charge in [-0.15, -0.1) is 0 Å². The Labute approximate surface area is 90.5 Å². The lowest BCUT2D eigenvalue weighted by Gasteiger charge is -2.21. The Morgan fingerprint density at radius 1 is 1.60 bits per heavy atom. The molecule has 0 saturated heterocycles. The fraction of sp³-hybridized carbons (Fsp3) is 0.500. The lowest BCUT2D eigenvalue weighted by atomic mass is 10.2. The summed E-state index contributed by atoms with van der Waals surface area (Å²) in [6, 6.07) is 4.65. The molecule has 2 N–H and O–H groups in total. The van der Waals surface area contributed by atoms with Crippen LogP contribution in [0.2, 0.25) is 0 Å². The predicted octanol–water partition coefficient (Wildman–Crippen LogP) is 1.76. The van der Waals surface area contributed by atoms with Gasteiger partial charge in [-0.05, 0) is 30.5 Å². The number of nitrogens with zero attached hydrogens (tertiary/aromatic N) is 1. The minimum absolute atomic E-state index is 0.571. The third-order valence-corrected chi connectivity index (χ3v) is 2.72. The second-order valence-corrected chi connectivity index (χ2v) is 4.17. The maximum atomic E-state index is 5.56. The molecule has 0 aromatic carbocycles. The van der Waals surface area contributed by atoms with Crippen LogP contribution in [0.25, 0.3) is 0 Å². The molecule has 0 atom stereocenters. The lowest BCUT2D eigenvalue weighted by Crippen LogP contribution is -2.29. The number of furan rings is 1. The topological polar surface area (TPSA) is 42.4 Å². The van der Waals surface area contributed by atoms with E-state index in [-0.39, 0.29) is 0 Å². The fourth-order valence-corrected chi connectivity index (χ4v) is 1.71. The first-order chi connectivity index (χ1) is 7.29. The van der Waals surface area contributed by atoms with Crippen molar-refractivity contribution in [2.24, 2.45) is 5.73 Å². The van der Waals surface area contributed by atoms with Crippen molar-refractivity contribution in [1.29, 1.82) is 0 Å². The highest BCUT2D eigenvalue weighted by atomic mass is 16.3. The molecule has 3 nitrogen and oxygen atoms in total. The highest BCUT2D eigenvalue weighted by molar-refractivity contribution is 5.05. The molecular formula is C12H18N2O. The third-order valence-electron chi connectivity index (χ3n) is 2.72. The van der Waals surface area contributed by atoms with Crippen molar-refractivity contribution < 1.29 is 4.42 Å². The summed E-state index contributed by atoms with van der Waals surface area (Å²) in [4.78, 5) is 2.40. The first-order valence-corrected chi connectivity index (χ1v) is 5.42. The Kier molecular flexibility index (Phi) is 3.23. The molecule has 3 heteroatoms. The number of rotatable bonds is 6. The van der Waals surface area contributed by atoms with Gasteiger partial charge in [-0.2, -0.15) is 0 Å². The van der Waals surface area contributed by atoms with Crippen LogP contribution in [0.4, 0.5) is 0 Å². The van der Waals surface area contributed by atoms with E-state index in [0.717, 1.165) is 24.4 Å². The van der Waals surface area contributed by atoms with Crippen molar-refractivity contribution in [1.82, 2.24) is 4.90 Å². The number of hydrogen-bond acceptors (Lipinski definition) is 3. The van der Waals surface area contributed by atoms with E-state index in [9.17, 15) is 0 Å². The average molecular weight is 206 g/mol. The van der Waals surface area contributed by atoms with E-state index < -0.39 is 0 Å². The summed E-state index contributed by atoms with van der Waals surface area (Å²) in [6.45, 7) is 6.29. The second kappa shape index (κ2) is 4.64. The van der Waals surface area contributed by atoms with Gasteiger partial charge in [-0.3, -0.25) is 4.90 Å². The van der Waals surface area contributed by atoms with Crippen molar-refractivity contribution in [3.05, 3.63) is 36.3 Å². The van der Waals surface area contributed by atoms with E-state index in [2.05, 4.69) is 11.5 Å². The first-order valence-electron chi connectivity index (χ1n) is 5.42. The van der Waals surface area contributed by atoms with Gasteiger partial charge in [0.2, 0.25) is 0 Å². The van der Waals surface area contributed by atoms with Gasteiger partial charge in [0.05, 0.1) is 12.8 Å². The van der Waals surface area contributed by atoms with Gasteiger partial charge in [-0.25, -0.2) is 0 Å². The van der Waals surface area contributed by atoms with Gasteiger partial charge < -0.3 is 10.2 Å². The molecule has 1 heterocycles. The molecule has 1 aliphatic carbocycles. The normalized spacial score (nSPS) is 15.9. The molecule has 0 aliphatic heterocycles. The van der Waals surface area contributed by atoms with E-state index in [1.54, 1.807) is 6.26 Å². The van der Waals surface area contributed by atoms with Crippen molar-refractivity contribution in [2.45, 2.75) is 25.4 Å². The van der Waals surface area contributed by atoms with Gasteiger partial charge in [0.25, 0.3) is 0 Å². The van der Waals surface area contributed by atoms with Crippen LogP contribution < -0.4 is 5.73 Å². The molecular weight excluding hydrogens is 188 g/mol. The summed E-state index contributed by atoms with van der Waals surface area (Å²) < 4.78 is 5.35. The molecule has 1 aromatic heterocycles. The van der Waals surface area contributed by atoms with Crippen molar-refractivity contribution in [3.8, 4) is 0 Å². The standard InChI is InChI=1S/C12H18N2O/c1-10(7-13)8-14(11-4-5-11)9-12-3-2-6-15-12/h2-3,6,11H,1,4-5,7-9,13H2. The van der Waals surface area contributed by atoms with Crippen LogP contribution in [0, 0.1) is 0 Å². The van der Waals surface area contributed by atoms with Crippen molar-refractivity contribution in [2.75, 3.05) is 13.1 Å². The largest absolute Gasteiger partial charge is 0.468 e. The van der Waals surface area contributed by atoms with E-state index >= 15 is 0 Å². The Morgan fingerprint density at radius 2 is 2.40 bits per heavy atom. The van der Waals surface area contributed by atoms with Crippen LogP contribution in [0.1, 0.15) is 18.6 Å². The summed E-state index contributed by atoms with van der Waals surface area (Å²) in [7, 11) is 0. The molecule has 0 radical (unpaired) electrons. The van der Waals surface area contributed by atoms with Gasteiger partial charge in [0.15, 0.2) is 0 Å². The maximum absolute atomic E-state index is 5.56. The van der Waals surface area contributed by atoms with Crippen LogP contribution in [-0.2, 0) is 6.54 Å². The highest BCUT2D eigenvalue weighted by Crippen LogP contribution is 2.28. The maximum Gasteiger partial charge on any atom is 0.117 e. The highest BCUT2D eigenvalue weighted by Gasteiger charge is 2.29. The Bertz CT molecular complexity index is 314. The Balaban J connectivity index is 1.91. The zero-order valence-corrected chi connectivity index (χ0v) is 8.98. The molecule has 1 aliphatic rings. The van der Waals surface area contributed by atoms with Gasteiger partial charge >= 0.3 is 0 Å². The summed E-state index contributed by atoms with van der Waals surface area (Å²) in [6.07, 6.45) is 4.30. The molecule has 0 amide bonds. The number of hydrogen-bond donors (Lipinski definition) is 1. The van der Waals surface area contributed by atoms with Crippen LogP contribution >= 0.6 is 0 Å². The molecule has 0 spiro atoms. The van der Waals surface area contributed by atoms with Crippen LogP contribution in [0.3, 0.4) is 0 Å². The zero-order valence-electron chi connectivity index (χ0n) is 8.98. The first kappa shape index (κ1) is 10.5. The van der Waals surface area contributed by atoms with E-state index in [1.165, 1.54) is 12.8 Å². The summed E-state index contributed by atoms with van der Waals surface area (Å²) in [5.74, 6) is 1.02. The van der Waals surface area contributed by atoms with E-state index in [4.69, 9.17) is 10.2 Å². The molecule has 1 saturated carbocycles. The SMILES string of the molecule is C=C(CN)CN(Cc1ccco1)C1CC1. The van der Waals surface area contributed by atoms with Crippen molar-refractivity contribution >= 4 is 0 Å². The molecule has 15 heavy (non-hydrogen) atoms. The van der Waals surface area contributed by atoms with Gasteiger partial charge in [-0.1, -0.05) is 6.58 Å². The Hall–Kier alpha value is -1.06. The smallest absolute Gasteiger partial charge is 0.117 e. The lowest BCUT2D eigenvalue weighted by molar-refractivity contribution is 0.252. The number of nitrogens with two attached hydrogens (primary N) is 1. The molecule has 2 rings (SSSR count). The van der Waals surface area contributed by atoms with Crippen LogP contribution in [0.5, 0.6) is 0 Å². The quantitative estimate of drug-likeness (QED) is 0.721. The van der Waals surface area contributed by atoms with Crippen LogP contribution in [-0.4, -0.2) is 24.0 Å². The van der Waals surface area contributed by atoms with Crippen molar-refractivity contribution in [3.63, 3.8) is 0 Å². The predicted molar refractivity (Wildman–Crippen MR) is 60.3 cm³/mol. The summed E-state index contributed by atoms with van der Waals surface area (Å²) in [5, 5.41) is 0. The fourth-order valence-electron chi connectivity index (χ4n) is 1.71. The summed E-state index contributed by atoms with van der Waals surface area (Å²) in [5.41, 5.74) is 6.66. The second-order valence-electron chi connectivity index (χ2n) is 4.17. The monoisotopic (exact) mass is 206 g/mol. The molecule has 0 unspecified atom stereocenters. The third kappa shape index (κ3) is 2.94. The van der Waals surface area contributed by atoms with E-state index in [0.29, 0.717) is 12.6 Å². The van der Waals surface area contributed by atoms with Gasteiger partial charge in [0, 0.05) is 19.1 Å². The minimum atomic E-state index is 0.571. The Morgan fingerprint density at radius 3 is 2.93 bits per heavy atom. The minimum Gasteiger partial charge on any atom is -0.468 e. The molecule has 82 valence electrons. The van der Waals surface area contributed by atoms with E-state index in [1.807, 2.05) is 12.1 Å². The zero-order chi connectivity index (χ0) is 10.7. The molecule has 1 fully saturated rings.